The second-order valence-electron chi connectivity index (χ2n) is 7.24. The maximum Gasteiger partial charge on any atom is 0.227 e. The lowest BCUT2D eigenvalue weighted by Crippen LogP contribution is -2.23. The molecule has 3 aromatic rings. The van der Waals surface area contributed by atoms with Crippen molar-refractivity contribution in [1.82, 2.24) is 15.5 Å². The average Bonchev–Trinajstić information content (AvgIpc) is 3.48. The molecule has 1 N–H and O–H groups in total. The Morgan fingerprint density at radius 2 is 1.97 bits per heavy atom. The van der Waals surface area contributed by atoms with Gasteiger partial charge in [0.2, 0.25) is 17.6 Å². The summed E-state index contributed by atoms with van der Waals surface area (Å²) in [7, 11) is 0. The van der Waals surface area contributed by atoms with E-state index < -0.39 is 0 Å². The summed E-state index contributed by atoms with van der Waals surface area (Å²) in [4.78, 5) is 16.5. The Kier molecular flexibility index (Phi) is 6.72. The highest BCUT2D eigenvalue weighted by molar-refractivity contribution is 5.76. The number of aryl methyl sites for hydroxylation is 1. The molecule has 2 aromatic carbocycles. The molecule has 0 bridgehead atoms. The van der Waals surface area contributed by atoms with Gasteiger partial charge in [0.15, 0.2) is 0 Å². The first kappa shape index (κ1) is 20.1. The van der Waals surface area contributed by atoms with Crippen LogP contribution in [-0.2, 0) is 22.5 Å². The topological polar surface area (TPSA) is 86.5 Å². The zero-order valence-corrected chi connectivity index (χ0v) is 16.8. The van der Waals surface area contributed by atoms with E-state index in [0.29, 0.717) is 37.7 Å². The number of nitrogens with one attached hydrogen (secondary N) is 1. The fourth-order valence-electron chi connectivity index (χ4n) is 3.24. The highest BCUT2D eigenvalue weighted by atomic mass is 16.5. The van der Waals surface area contributed by atoms with Crippen LogP contribution < -0.4 is 10.1 Å². The smallest absolute Gasteiger partial charge is 0.227 e. The van der Waals surface area contributed by atoms with Crippen molar-refractivity contribution in [3.63, 3.8) is 0 Å². The molecule has 7 nitrogen and oxygen atoms in total. The van der Waals surface area contributed by atoms with Crippen LogP contribution in [0.25, 0.3) is 11.4 Å². The van der Waals surface area contributed by atoms with Gasteiger partial charge in [0.1, 0.15) is 12.4 Å². The number of hydrogen-bond donors (Lipinski definition) is 1. The van der Waals surface area contributed by atoms with E-state index in [1.54, 1.807) is 0 Å². The van der Waals surface area contributed by atoms with E-state index in [9.17, 15) is 4.79 Å². The maximum absolute atomic E-state index is 12.1. The SMILES string of the molecule is O=C(CCc1nc(-c2ccccc2)no1)NCc1ccc(OCC2CCCO2)cc1. The maximum atomic E-state index is 12.1. The van der Waals surface area contributed by atoms with E-state index in [-0.39, 0.29) is 12.0 Å². The normalized spacial score (nSPS) is 15.8. The summed E-state index contributed by atoms with van der Waals surface area (Å²) in [5.74, 6) is 1.74. The van der Waals surface area contributed by atoms with Crippen LogP contribution in [-0.4, -0.2) is 35.4 Å². The summed E-state index contributed by atoms with van der Waals surface area (Å²) in [6, 6.07) is 17.3. The van der Waals surface area contributed by atoms with Crippen LogP contribution >= 0.6 is 0 Å². The molecule has 1 aliphatic rings. The van der Waals surface area contributed by atoms with Crippen LogP contribution in [0.1, 0.15) is 30.7 Å². The number of carbonyl (C=O) groups excluding carboxylic acids is 1. The van der Waals surface area contributed by atoms with Gasteiger partial charge in [-0.25, -0.2) is 0 Å². The molecule has 1 atom stereocenters. The fourth-order valence-corrected chi connectivity index (χ4v) is 3.24. The van der Waals surface area contributed by atoms with E-state index >= 15 is 0 Å². The summed E-state index contributed by atoms with van der Waals surface area (Å²) < 4.78 is 16.6. The molecule has 1 aliphatic heterocycles. The number of rotatable bonds is 9. The predicted octanol–water partition coefficient (Wildman–Crippen LogP) is 3.54. The molecule has 30 heavy (non-hydrogen) atoms. The van der Waals surface area contributed by atoms with Crippen LogP contribution in [0.3, 0.4) is 0 Å². The van der Waals surface area contributed by atoms with Crippen molar-refractivity contribution in [2.24, 2.45) is 0 Å². The molecule has 1 aromatic heterocycles. The van der Waals surface area contributed by atoms with Crippen molar-refractivity contribution in [2.45, 2.75) is 38.3 Å². The zero-order chi connectivity index (χ0) is 20.6. The number of aromatic nitrogens is 2. The molecule has 4 rings (SSSR count). The summed E-state index contributed by atoms with van der Waals surface area (Å²) in [6.07, 6.45) is 3.06. The molecular formula is C23H25N3O4. The monoisotopic (exact) mass is 407 g/mol. The molecule has 156 valence electrons. The number of nitrogens with zero attached hydrogens (tertiary/aromatic N) is 2. The second-order valence-corrected chi connectivity index (χ2v) is 7.24. The summed E-state index contributed by atoms with van der Waals surface area (Å²) in [5.41, 5.74) is 1.90. The molecule has 1 fully saturated rings. The first-order chi connectivity index (χ1) is 14.8. The van der Waals surface area contributed by atoms with Gasteiger partial charge in [-0.05, 0) is 30.5 Å². The highest BCUT2D eigenvalue weighted by Crippen LogP contribution is 2.17. The number of hydrogen-bond acceptors (Lipinski definition) is 6. The van der Waals surface area contributed by atoms with Gasteiger partial charge < -0.3 is 19.3 Å². The Morgan fingerprint density at radius 1 is 1.13 bits per heavy atom. The average molecular weight is 407 g/mol. The van der Waals surface area contributed by atoms with Crippen molar-refractivity contribution in [2.75, 3.05) is 13.2 Å². The Labute approximate surface area is 175 Å². The van der Waals surface area contributed by atoms with Crippen molar-refractivity contribution in [3.05, 3.63) is 66.1 Å². The lowest BCUT2D eigenvalue weighted by atomic mass is 10.2. The van der Waals surface area contributed by atoms with Gasteiger partial charge in [0, 0.05) is 31.6 Å². The minimum atomic E-state index is -0.0619. The minimum Gasteiger partial charge on any atom is -0.491 e. The molecule has 0 radical (unpaired) electrons. The van der Waals surface area contributed by atoms with Gasteiger partial charge in [-0.3, -0.25) is 4.79 Å². The Balaban J connectivity index is 1.18. The van der Waals surface area contributed by atoms with Crippen LogP contribution in [0, 0.1) is 0 Å². The van der Waals surface area contributed by atoms with Crippen molar-refractivity contribution < 1.29 is 18.8 Å². The van der Waals surface area contributed by atoms with Gasteiger partial charge in [-0.2, -0.15) is 4.98 Å². The molecule has 1 saturated heterocycles. The van der Waals surface area contributed by atoms with Crippen LogP contribution in [0.4, 0.5) is 0 Å². The van der Waals surface area contributed by atoms with Crippen molar-refractivity contribution >= 4 is 5.91 Å². The minimum absolute atomic E-state index is 0.0619. The summed E-state index contributed by atoms with van der Waals surface area (Å²) in [5, 5.41) is 6.88. The van der Waals surface area contributed by atoms with Gasteiger partial charge in [-0.1, -0.05) is 47.6 Å². The van der Waals surface area contributed by atoms with E-state index in [1.165, 1.54) is 0 Å². The third kappa shape index (κ3) is 5.67. The fraction of sp³-hybridized carbons (Fsp3) is 0.348. The number of amides is 1. The van der Waals surface area contributed by atoms with Crippen LogP contribution in [0.5, 0.6) is 5.75 Å². The van der Waals surface area contributed by atoms with Crippen LogP contribution in [0.2, 0.25) is 0 Å². The van der Waals surface area contributed by atoms with Gasteiger partial charge >= 0.3 is 0 Å². The lowest BCUT2D eigenvalue weighted by molar-refractivity contribution is -0.121. The standard InChI is InChI=1S/C23H25N3O4/c27-21(12-13-22-25-23(26-30-22)18-5-2-1-3-6-18)24-15-17-8-10-19(11-9-17)29-16-20-7-4-14-28-20/h1-3,5-6,8-11,20H,4,7,12-16H2,(H,24,27). The molecule has 1 amide bonds. The Bertz CT molecular complexity index is 935. The van der Waals surface area contributed by atoms with Crippen LogP contribution in [0.15, 0.2) is 59.1 Å². The van der Waals surface area contributed by atoms with E-state index in [4.69, 9.17) is 14.0 Å². The van der Waals surface area contributed by atoms with Gasteiger partial charge in [0.25, 0.3) is 0 Å². The second kappa shape index (κ2) is 10.0. The zero-order valence-electron chi connectivity index (χ0n) is 16.8. The largest absolute Gasteiger partial charge is 0.491 e. The Hall–Kier alpha value is -3.19. The third-order valence-electron chi connectivity index (χ3n) is 4.94. The lowest BCUT2D eigenvalue weighted by Gasteiger charge is -2.12. The molecule has 0 spiro atoms. The quantitative estimate of drug-likeness (QED) is 0.584. The Morgan fingerprint density at radius 3 is 2.73 bits per heavy atom. The summed E-state index contributed by atoms with van der Waals surface area (Å²) in [6.45, 7) is 1.87. The van der Waals surface area contributed by atoms with E-state index in [0.717, 1.165) is 36.3 Å². The molecule has 7 heteroatoms. The molecule has 0 saturated carbocycles. The molecular weight excluding hydrogens is 382 g/mol. The van der Waals surface area contributed by atoms with Gasteiger partial charge in [0.05, 0.1) is 6.10 Å². The van der Waals surface area contributed by atoms with E-state index in [2.05, 4.69) is 15.5 Å². The van der Waals surface area contributed by atoms with Crippen molar-refractivity contribution in [3.8, 4) is 17.1 Å². The number of carbonyl (C=O) groups is 1. The third-order valence-corrected chi connectivity index (χ3v) is 4.94. The first-order valence-corrected chi connectivity index (χ1v) is 10.2. The van der Waals surface area contributed by atoms with Gasteiger partial charge in [-0.15, -0.1) is 0 Å². The predicted molar refractivity (Wildman–Crippen MR) is 111 cm³/mol. The van der Waals surface area contributed by atoms with E-state index in [1.807, 2.05) is 54.6 Å². The number of ether oxygens (including phenoxy) is 2. The molecule has 0 aliphatic carbocycles. The summed E-state index contributed by atoms with van der Waals surface area (Å²) >= 11 is 0. The highest BCUT2D eigenvalue weighted by Gasteiger charge is 2.16. The van der Waals surface area contributed by atoms with Crippen molar-refractivity contribution in [1.29, 1.82) is 0 Å². The first-order valence-electron chi connectivity index (χ1n) is 10.2. The molecule has 2 heterocycles. The number of benzene rings is 2. The molecule has 1 unspecified atom stereocenters.